The Hall–Kier alpha value is -3.39. The molecule has 1 heterocycles. The van der Waals surface area contributed by atoms with E-state index in [1.54, 1.807) is 24.3 Å². The second-order valence-corrected chi connectivity index (χ2v) is 6.43. The third-order valence-corrected chi connectivity index (χ3v) is 4.38. The number of ether oxygens (including phenoxy) is 2. The summed E-state index contributed by atoms with van der Waals surface area (Å²) in [4.78, 5) is 26.6. The highest BCUT2D eigenvalue weighted by Gasteiger charge is 2.34. The van der Waals surface area contributed by atoms with Gasteiger partial charge in [-0.2, -0.15) is 0 Å². The summed E-state index contributed by atoms with van der Waals surface area (Å²) in [6.45, 7) is 1.91. The lowest BCUT2D eigenvalue weighted by atomic mass is 10.1. The Bertz CT molecular complexity index is 965. The molecule has 2 amide bonds. The third-order valence-electron chi connectivity index (χ3n) is 4.10. The molecule has 2 aromatic rings. The van der Waals surface area contributed by atoms with Crippen LogP contribution in [0, 0.1) is 6.92 Å². The van der Waals surface area contributed by atoms with E-state index in [2.05, 4.69) is 10.6 Å². The fourth-order valence-electron chi connectivity index (χ4n) is 2.71. The van der Waals surface area contributed by atoms with Gasteiger partial charge in [-0.05, 0) is 36.8 Å². The van der Waals surface area contributed by atoms with Crippen LogP contribution in [0.25, 0.3) is 0 Å². The van der Waals surface area contributed by atoms with Gasteiger partial charge in [0.15, 0.2) is 5.11 Å². The summed E-state index contributed by atoms with van der Waals surface area (Å²) in [5.74, 6) is 0.0625. The monoisotopic (exact) mass is 397 g/mol. The van der Waals surface area contributed by atoms with E-state index in [-0.39, 0.29) is 10.7 Å². The van der Waals surface area contributed by atoms with Gasteiger partial charge >= 0.3 is 0 Å². The molecule has 28 heavy (non-hydrogen) atoms. The summed E-state index contributed by atoms with van der Waals surface area (Å²) < 4.78 is 10.4. The number of rotatable bonds is 5. The van der Waals surface area contributed by atoms with Crippen LogP contribution in [0.1, 0.15) is 5.56 Å². The maximum atomic E-state index is 12.9. The standard InChI is InChI=1S/C20H19N3O4S/c1-12-5-4-6-14(7-12)23-19(25)17(18(24)22-20(23)28)11-21-13-8-15(26-2)10-16(9-13)27-3/h4-11,21H,1-3H3,(H,22,24,28)/b17-11-. The van der Waals surface area contributed by atoms with Gasteiger partial charge in [0.2, 0.25) is 0 Å². The molecule has 0 radical (unpaired) electrons. The van der Waals surface area contributed by atoms with Crippen molar-refractivity contribution in [1.82, 2.24) is 5.32 Å². The molecule has 2 N–H and O–H groups in total. The molecule has 1 aliphatic heterocycles. The van der Waals surface area contributed by atoms with Crippen LogP contribution in [0.5, 0.6) is 11.5 Å². The van der Waals surface area contributed by atoms with Crippen LogP contribution in [0.4, 0.5) is 11.4 Å². The summed E-state index contributed by atoms with van der Waals surface area (Å²) in [6.07, 6.45) is 1.34. The molecular formula is C20H19N3O4S. The molecule has 2 aromatic carbocycles. The van der Waals surface area contributed by atoms with Crippen molar-refractivity contribution in [3.8, 4) is 11.5 Å². The van der Waals surface area contributed by atoms with E-state index >= 15 is 0 Å². The van der Waals surface area contributed by atoms with E-state index in [4.69, 9.17) is 21.7 Å². The first-order valence-electron chi connectivity index (χ1n) is 8.39. The molecule has 0 bridgehead atoms. The van der Waals surface area contributed by atoms with Gasteiger partial charge in [-0.15, -0.1) is 0 Å². The zero-order valence-corrected chi connectivity index (χ0v) is 16.4. The highest BCUT2D eigenvalue weighted by Crippen LogP contribution is 2.26. The molecule has 1 fully saturated rings. The molecule has 0 aromatic heterocycles. The number of anilines is 2. The minimum atomic E-state index is -0.568. The highest BCUT2D eigenvalue weighted by molar-refractivity contribution is 7.80. The average molecular weight is 397 g/mol. The largest absolute Gasteiger partial charge is 0.497 e. The smallest absolute Gasteiger partial charge is 0.271 e. The second kappa shape index (κ2) is 8.10. The van der Waals surface area contributed by atoms with E-state index in [1.807, 2.05) is 25.1 Å². The second-order valence-electron chi connectivity index (χ2n) is 6.04. The average Bonchev–Trinajstić information content (AvgIpc) is 2.67. The molecule has 1 saturated heterocycles. The van der Waals surface area contributed by atoms with Crippen LogP contribution < -0.4 is 25.0 Å². The number of carbonyl (C=O) groups excluding carboxylic acids is 2. The molecule has 0 atom stereocenters. The number of methoxy groups -OCH3 is 2. The number of hydrogen-bond acceptors (Lipinski definition) is 6. The van der Waals surface area contributed by atoms with Crippen LogP contribution >= 0.6 is 12.2 Å². The summed E-state index contributed by atoms with van der Waals surface area (Å²) in [7, 11) is 3.07. The van der Waals surface area contributed by atoms with Crippen LogP contribution in [-0.2, 0) is 9.59 Å². The lowest BCUT2D eigenvalue weighted by Gasteiger charge is -2.29. The molecule has 144 valence electrons. The lowest BCUT2D eigenvalue weighted by molar-refractivity contribution is -0.122. The van der Waals surface area contributed by atoms with Gasteiger partial charge < -0.3 is 14.8 Å². The first-order valence-corrected chi connectivity index (χ1v) is 8.80. The number of nitrogens with zero attached hydrogens (tertiary/aromatic N) is 1. The predicted octanol–water partition coefficient (Wildman–Crippen LogP) is 2.76. The van der Waals surface area contributed by atoms with Gasteiger partial charge in [0.25, 0.3) is 11.8 Å². The highest BCUT2D eigenvalue weighted by atomic mass is 32.1. The van der Waals surface area contributed by atoms with Gasteiger partial charge in [-0.1, -0.05) is 12.1 Å². The minimum absolute atomic E-state index is 0.0424. The summed E-state index contributed by atoms with van der Waals surface area (Å²) in [5, 5.41) is 5.54. The number of hydrogen-bond donors (Lipinski definition) is 2. The van der Waals surface area contributed by atoms with E-state index in [1.165, 1.54) is 25.3 Å². The summed E-state index contributed by atoms with van der Waals surface area (Å²) in [5.41, 5.74) is 2.08. The molecule has 0 saturated carbocycles. The van der Waals surface area contributed by atoms with Crippen LogP contribution in [0.3, 0.4) is 0 Å². The Balaban J connectivity index is 1.91. The van der Waals surface area contributed by atoms with Gasteiger partial charge in [0.05, 0.1) is 19.9 Å². The lowest BCUT2D eigenvalue weighted by Crippen LogP contribution is -2.54. The number of amides is 2. The molecule has 1 aliphatic rings. The van der Waals surface area contributed by atoms with Gasteiger partial charge in [-0.3, -0.25) is 19.8 Å². The predicted molar refractivity (Wildman–Crippen MR) is 111 cm³/mol. The van der Waals surface area contributed by atoms with E-state index in [0.29, 0.717) is 22.9 Å². The quantitative estimate of drug-likeness (QED) is 0.459. The SMILES string of the molecule is COc1cc(N/C=C2/C(=O)NC(=S)N(c3cccc(C)c3)C2=O)cc(OC)c1. The van der Waals surface area contributed by atoms with Gasteiger partial charge in [0, 0.05) is 30.1 Å². The van der Waals surface area contributed by atoms with E-state index in [9.17, 15) is 9.59 Å². The van der Waals surface area contributed by atoms with Crippen LogP contribution in [-0.4, -0.2) is 31.1 Å². The molecular weight excluding hydrogens is 378 g/mol. The van der Waals surface area contributed by atoms with Crippen molar-refractivity contribution in [3.05, 3.63) is 59.8 Å². The van der Waals surface area contributed by atoms with Crippen molar-refractivity contribution < 1.29 is 19.1 Å². The van der Waals surface area contributed by atoms with Crippen molar-refractivity contribution in [2.75, 3.05) is 24.4 Å². The number of carbonyl (C=O) groups is 2. The zero-order chi connectivity index (χ0) is 20.3. The first kappa shape index (κ1) is 19.4. The normalized spacial score (nSPS) is 15.5. The molecule has 7 nitrogen and oxygen atoms in total. The Labute approximate surface area is 167 Å². The van der Waals surface area contributed by atoms with Crippen molar-refractivity contribution >= 4 is 40.5 Å². The topological polar surface area (TPSA) is 79.9 Å². The maximum absolute atomic E-state index is 12.9. The van der Waals surface area contributed by atoms with Crippen molar-refractivity contribution in [2.24, 2.45) is 0 Å². The van der Waals surface area contributed by atoms with Crippen molar-refractivity contribution in [1.29, 1.82) is 0 Å². The third kappa shape index (κ3) is 3.96. The molecule has 8 heteroatoms. The Morgan fingerprint density at radius 3 is 2.36 bits per heavy atom. The summed E-state index contributed by atoms with van der Waals surface area (Å²) >= 11 is 5.20. The van der Waals surface area contributed by atoms with E-state index < -0.39 is 11.8 Å². The van der Waals surface area contributed by atoms with Crippen molar-refractivity contribution in [2.45, 2.75) is 6.92 Å². The number of nitrogens with one attached hydrogen (secondary N) is 2. The fraction of sp³-hybridized carbons (Fsp3) is 0.150. The molecule has 0 aliphatic carbocycles. The molecule has 0 unspecified atom stereocenters. The molecule has 0 spiro atoms. The van der Waals surface area contributed by atoms with Gasteiger partial charge in [0.1, 0.15) is 17.1 Å². The van der Waals surface area contributed by atoms with Crippen molar-refractivity contribution in [3.63, 3.8) is 0 Å². The molecule has 3 rings (SSSR count). The number of aryl methyl sites for hydroxylation is 1. The van der Waals surface area contributed by atoms with Crippen LogP contribution in [0.15, 0.2) is 54.2 Å². The number of benzene rings is 2. The van der Waals surface area contributed by atoms with Gasteiger partial charge in [-0.25, -0.2) is 0 Å². The van der Waals surface area contributed by atoms with E-state index in [0.717, 1.165) is 5.56 Å². The summed E-state index contributed by atoms with van der Waals surface area (Å²) in [6, 6.07) is 12.5. The Morgan fingerprint density at radius 2 is 1.75 bits per heavy atom. The first-order chi connectivity index (χ1) is 13.4. The Morgan fingerprint density at radius 1 is 1.07 bits per heavy atom. The van der Waals surface area contributed by atoms with Crippen LogP contribution in [0.2, 0.25) is 0 Å². The maximum Gasteiger partial charge on any atom is 0.271 e. The number of thiocarbonyl (C=S) groups is 1. The Kier molecular flexibility index (Phi) is 5.60. The zero-order valence-electron chi connectivity index (χ0n) is 15.6. The minimum Gasteiger partial charge on any atom is -0.497 e. The fourth-order valence-corrected chi connectivity index (χ4v) is 2.99.